The maximum atomic E-state index is 12.0. The predicted molar refractivity (Wildman–Crippen MR) is 71.7 cm³/mol. The smallest absolute Gasteiger partial charge is 0.408 e. The van der Waals surface area contributed by atoms with E-state index in [1.54, 1.807) is 0 Å². The van der Waals surface area contributed by atoms with Gasteiger partial charge < -0.3 is 15.2 Å². The van der Waals surface area contributed by atoms with E-state index < -0.39 is 11.2 Å². The lowest BCUT2D eigenvalue weighted by Gasteiger charge is -2.60. The van der Waals surface area contributed by atoms with Gasteiger partial charge in [0.2, 0.25) is 0 Å². The molecule has 2 atom stereocenters. The Balaban J connectivity index is 1.72. The second-order valence-corrected chi connectivity index (χ2v) is 8.09. The van der Waals surface area contributed by atoms with Crippen molar-refractivity contribution in [1.29, 1.82) is 0 Å². The number of rotatable bonds is 1. The van der Waals surface area contributed by atoms with Crippen molar-refractivity contribution in [3.8, 4) is 0 Å². The van der Waals surface area contributed by atoms with Crippen LogP contribution >= 0.6 is 0 Å². The van der Waals surface area contributed by atoms with Crippen molar-refractivity contribution >= 4 is 6.09 Å². The van der Waals surface area contributed by atoms with Crippen LogP contribution in [0.15, 0.2) is 0 Å². The molecule has 4 heteroatoms. The molecule has 4 saturated carbocycles. The molecule has 0 saturated heterocycles. The molecule has 1 amide bonds. The number of hydrogen-bond acceptors (Lipinski definition) is 3. The van der Waals surface area contributed by atoms with Crippen LogP contribution in [0.4, 0.5) is 4.79 Å². The molecule has 19 heavy (non-hydrogen) atoms. The van der Waals surface area contributed by atoms with Crippen molar-refractivity contribution < 1.29 is 14.6 Å². The van der Waals surface area contributed by atoms with Gasteiger partial charge in [-0.3, -0.25) is 0 Å². The third-order valence-corrected chi connectivity index (χ3v) is 4.80. The Labute approximate surface area is 114 Å². The minimum atomic E-state index is -0.543. The van der Waals surface area contributed by atoms with Crippen molar-refractivity contribution in [3.05, 3.63) is 0 Å². The monoisotopic (exact) mass is 267 g/mol. The lowest BCUT2D eigenvalue weighted by Crippen LogP contribution is -2.65. The summed E-state index contributed by atoms with van der Waals surface area (Å²) in [5, 5.41) is 13.7. The normalized spacial score (nSPS) is 44.2. The van der Waals surface area contributed by atoms with Crippen LogP contribution in [-0.2, 0) is 4.74 Å². The van der Waals surface area contributed by atoms with Gasteiger partial charge in [0.15, 0.2) is 0 Å². The molecular formula is C15H25NO3. The molecule has 0 aromatic heterocycles. The Morgan fingerprint density at radius 3 is 2.26 bits per heavy atom. The van der Waals surface area contributed by atoms with Crippen LogP contribution in [0.25, 0.3) is 0 Å². The minimum Gasteiger partial charge on any atom is -0.444 e. The second-order valence-electron chi connectivity index (χ2n) is 8.09. The third kappa shape index (κ3) is 2.60. The summed E-state index contributed by atoms with van der Waals surface area (Å²) in [5.74, 6) is 1.14. The van der Waals surface area contributed by atoms with Crippen molar-refractivity contribution in [1.82, 2.24) is 5.32 Å². The van der Waals surface area contributed by atoms with Gasteiger partial charge in [-0.05, 0) is 71.1 Å². The lowest BCUT2D eigenvalue weighted by atomic mass is 9.51. The van der Waals surface area contributed by atoms with Crippen LogP contribution in [0.2, 0.25) is 0 Å². The maximum Gasteiger partial charge on any atom is 0.408 e. The Hall–Kier alpha value is -0.770. The average molecular weight is 267 g/mol. The van der Waals surface area contributed by atoms with Crippen LogP contribution in [-0.4, -0.2) is 27.9 Å². The molecule has 4 aliphatic rings. The van der Waals surface area contributed by atoms with Crippen LogP contribution < -0.4 is 5.32 Å². The number of nitrogens with one attached hydrogen (secondary N) is 1. The Morgan fingerprint density at radius 2 is 1.79 bits per heavy atom. The number of hydrogen-bond donors (Lipinski definition) is 2. The second kappa shape index (κ2) is 3.87. The van der Waals surface area contributed by atoms with E-state index in [-0.39, 0.29) is 11.6 Å². The van der Waals surface area contributed by atoms with Gasteiger partial charge in [0, 0.05) is 5.54 Å². The van der Waals surface area contributed by atoms with E-state index in [0.717, 1.165) is 25.7 Å². The van der Waals surface area contributed by atoms with Crippen molar-refractivity contribution in [3.63, 3.8) is 0 Å². The molecule has 0 spiro atoms. The molecule has 2 N–H and O–H groups in total. The number of carbonyl (C=O) groups is 1. The fourth-order valence-electron chi connectivity index (χ4n) is 4.88. The first-order valence-corrected chi connectivity index (χ1v) is 7.41. The first kappa shape index (κ1) is 13.2. The van der Waals surface area contributed by atoms with E-state index in [4.69, 9.17) is 4.74 Å². The molecular weight excluding hydrogens is 242 g/mol. The maximum absolute atomic E-state index is 12.0. The van der Waals surface area contributed by atoms with E-state index in [0.29, 0.717) is 18.3 Å². The molecule has 2 unspecified atom stereocenters. The number of aliphatic hydroxyl groups is 1. The van der Waals surface area contributed by atoms with Crippen LogP contribution in [0, 0.1) is 11.8 Å². The summed E-state index contributed by atoms with van der Waals surface area (Å²) in [6, 6.07) is 0. The molecule has 0 aromatic carbocycles. The van der Waals surface area contributed by atoms with E-state index in [2.05, 4.69) is 5.32 Å². The van der Waals surface area contributed by atoms with Gasteiger partial charge in [-0.25, -0.2) is 4.79 Å². The molecule has 0 aliphatic heterocycles. The highest BCUT2D eigenvalue weighted by atomic mass is 16.6. The number of ether oxygens (including phenoxy) is 1. The molecule has 0 aromatic rings. The van der Waals surface area contributed by atoms with Gasteiger partial charge in [0.1, 0.15) is 5.60 Å². The predicted octanol–water partition coefficient (Wildman–Crippen LogP) is 2.59. The molecule has 108 valence electrons. The molecule has 0 radical (unpaired) electrons. The number of carbonyl (C=O) groups excluding carboxylic acids is 1. The van der Waals surface area contributed by atoms with Crippen LogP contribution in [0.1, 0.15) is 59.3 Å². The highest BCUT2D eigenvalue weighted by Gasteiger charge is 2.57. The number of amides is 1. The SMILES string of the molecule is CC(C)(C)OC(=O)NC12CC3CC(CC(O)(C3)C1)C2. The van der Waals surface area contributed by atoms with Gasteiger partial charge in [-0.1, -0.05) is 0 Å². The van der Waals surface area contributed by atoms with Crippen LogP contribution in [0.5, 0.6) is 0 Å². The quantitative estimate of drug-likeness (QED) is 0.767. The summed E-state index contributed by atoms with van der Waals surface area (Å²) in [5.41, 5.74) is -1.23. The zero-order valence-electron chi connectivity index (χ0n) is 12.2. The lowest BCUT2D eigenvalue weighted by molar-refractivity contribution is -0.141. The van der Waals surface area contributed by atoms with Gasteiger partial charge in [-0.2, -0.15) is 0 Å². The van der Waals surface area contributed by atoms with E-state index in [1.807, 2.05) is 20.8 Å². The fourth-order valence-corrected chi connectivity index (χ4v) is 4.88. The standard InChI is InChI=1S/C15H25NO3/c1-13(2,3)19-12(17)16-14-5-10-4-11(6-14)8-15(18,7-10)9-14/h10-11,18H,4-9H2,1-3H3,(H,16,17). The van der Waals surface area contributed by atoms with Gasteiger partial charge in [0.25, 0.3) is 0 Å². The first-order valence-electron chi connectivity index (χ1n) is 7.41. The topological polar surface area (TPSA) is 58.6 Å². The van der Waals surface area contributed by atoms with Crippen molar-refractivity contribution in [2.45, 2.75) is 76.0 Å². The zero-order valence-corrected chi connectivity index (χ0v) is 12.2. The van der Waals surface area contributed by atoms with Crippen molar-refractivity contribution in [2.75, 3.05) is 0 Å². The third-order valence-electron chi connectivity index (χ3n) is 4.80. The van der Waals surface area contributed by atoms with E-state index >= 15 is 0 Å². The molecule has 4 nitrogen and oxygen atoms in total. The highest BCUT2D eigenvalue weighted by molar-refractivity contribution is 5.69. The fraction of sp³-hybridized carbons (Fsp3) is 0.933. The van der Waals surface area contributed by atoms with Gasteiger partial charge in [-0.15, -0.1) is 0 Å². The van der Waals surface area contributed by atoms with E-state index in [1.165, 1.54) is 6.42 Å². The molecule has 4 aliphatic carbocycles. The van der Waals surface area contributed by atoms with Gasteiger partial charge >= 0.3 is 6.09 Å². The largest absolute Gasteiger partial charge is 0.444 e. The average Bonchev–Trinajstić information content (AvgIpc) is 2.06. The van der Waals surface area contributed by atoms with Crippen LogP contribution in [0.3, 0.4) is 0 Å². The first-order chi connectivity index (χ1) is 8.67. The molecule has 4 bridgehead atoms. The zero-order chi connectivity index (χ0) is 13.9. The van der Waals surface area contributed by atoms with Crippen molar-refractivity contribution in [2.24, 2.45) is 11.8 Å². The van der Waals surface area contributed by atoms with Gasteiger partial charge in [0.05, 0.1) is 5.60 Å². The molecule has 0 heterocycles. The number of alkyl carbamates (subject to hydrolysis) is 1. The minimum absolute atomic E-state index is 0.221. The summed E-state index contributed by atoms with van der Waals surface area (Å²) in [6.45, 7) is 5.62. The Bertz CT molecular complexity index is 385. The summed E-state index contributed by atoms with van der Waals surface area (Å²) in [7, 11) is 0. The summed E-state index contributed by atoms with van der Waals surface area (Å²) >= 11 is 0. The molecule has 4 fully saturated rings. The summed E-state index contributed by atoms with van der Waals surface area (Å²) in [4.78, 5) is 12.0. The summed E-state index contributed by atoms with van der Waals surface area (Å²) in [6.07, 6.45) is 5.43. The molecule has 4 rings (SSSR count). The Morgan fingerprint density at radius 1 is 1.21 bits per heavy atom. The van der Waals surface area contributed by atoms with E-state index in [9.17, 15) is 9.90 Å². The Kier molecular flexibility index (Phi) is 2.70. The summed E-state index contributed by atoms with van der Waals surface area (Å²) < 4.78 is 5.38. The highest BCUT2D eigenvalue weighted by Crippen LogP contribution is 2.57.